The summed E-state index contributed by atoms with van der Waals surface area (Å²) in [5, 5.41) is 4.60. The van der Waals surface area contributed by atoms with Gasteiger partial charge >= 0.3 is 0 Å². The Hall–Kier alpha value is -0.770. The van der Waals surface area contributed by atoms with Crippen LogP contribution in [-0.4, -0.2) is 35.5 Å². The highest BCUT2D eigenvalue weighted by molar-refractivity contribution is 6.36. The molecule has 0 saturated carbocycles. The number of hydrogen-bond donors (Lipinski definition) is 1. The van der Waals surface area contributed by atoms with Crippen LogP contribution in [0.5, 0.6) is 0 Å². The van der Waals surface area contributed by atoms with Crippen LogP contribution >= 0.6 is 23.2 Å². The number of fused-ring (bicyclic) bond motifs is 2. The van der Waals surface area contributed by atoms with Gasteiger partial charge in [0.15, 0.2) is 0 Å². The number of benzene rings is 1. The van der Waals surface area contributed by atoms with Crippen LogP contribution in [0.15, 0.2) is 18.2 Å². The molecule has 0 spiro atoms. The van der Waals surface area contributed by atoms with Gasteiger partial charge in [0.05, 0.1) is 10.6 Å². The molecule has 114 valence electrons. The summed E-state index contributed by atoms with van der Waals surface area (Å²) in [6.07, 6.45) is 4.55. The minimum absolute atomic E-state index is 0.0190. The van der Waals surface area contributed by atoms with E-state index in [1.54, 1.807) is 18.2 Å². The molecule has 5 heteroatoms. The molecule has 2 aliphatic heterocycles. The number of nitrogens with one attached hydrogen (secondary N) is 1. The summed E-state index contributed by atoms with van der Waals surface area (Å²) < 4.78 is 0. The highest BCUT2D eigenvalue weighted by Crippen LogP contribution is 2.31. The van der Waals surface area contributed by atoms with Gasteiger partial charge < -0.3 is 10.2 Å². The van der Waals surface area contributed by atoms with Crippen LogP contribution < -0.4 is 5.32 Å². The maximum Gasteiger partial charge on any atom is 0.255 e. The second kappa shape index (κ2) is 6.15. The van der Waals surface area contributed by atoms with Crippen LogP contribution in [0.1, 0.15) is 43.0 Å². The zero-order chi connectivity index (χ0) is 15.0. The highest BCUT2D eigenvalue weighted by Gasteiger charge is 2.37. The molecule has 0 aliphatic carbocycles. The van der Waals surface area contributed by atoms with Gasteiger partial charge in [0, 0.05) is 29.7 Å². The molecular weight excluding hydrogens is 307 g/mol. The monoisotopic (exact) mass is 326 g/mol. The lowest BCUT2D eigenvalue weighted by Gasteiger charge is -2.37. The van der Waals surface area contributed by atoms with Crippen LogP contribution in [0.3, 0.4) is 0 Å². The van der Waals surface area contributed by atoms with Crippen molar-refractivity contribution in [1.82, 2.24) is 10.2 Å². The standard InChI is InChI=1S/C16H20Cl2N2O/c1-2-20(13-8-11-4-5-12(9-13)19-11)16(21)14-6-3-10(17)7-15(14)18/h3,6-7,11-13,19H,2,4-5,8-9H2,1H3. The number of carbonyl (C=O) groups excluding carboxylic acids is 1. The van der Waals surface area contributed by atoms with Crippen molar-refractivity contribution in [3.8, 4) is 0 Å². The fourth-order valence-electron chi connectivity index (χ4n) is 3.67. The average molecular weight is 327 g/mol. The first-order chi connectivity index (χ1) is 10.1. The predicted molar refractivity (Wildman–Crippen MR) is 86.1 cm³/mol. The summed E-state index contributed by atoms with van der Waals surface area (Å²) in [7, 11) is 0. The summed E-state index contributed by atoms with van der Waals surface area (Å²) in [4.78, 5) is 14.8. The number of piperidine rings is 1. The molecule has 2 atom stereocenters. The summed E-state index contributed by atoms with van der Waals surface area (Å²) >= 11 is 12.1. The third kappa shape index (κ3) is 3.05. The Kier molecular flexibility index (Phi) is 4.43. The molecule has 0 radical (unpaired) electrons. The number of carbonyl (C=O) groups is 1. The Balaban J connectivity index is 1.80. The zero-order valence-corrected chi connectivity index (χ0v) is 13.6. The zero-order valence-electron chi connectivity index (χ0n) is 12.1. The minimum atomic E-state index is 0.0190. The average Bonchev–Trinajstić information content (AvgIpc) is 2.78. The topological polar surface area (TPSA) is 32.3 Å². The second-order valence-corrected chi connectivity index (χ2v) is 6.82. The van der Waals surface area contributed by atoms with Crippen molar-refractivity contribution in [2.45, 2.75) is 50.7 Å². The van der Waals surface area contributed by atoms with Crippen molar-refractivity contribution < 1.29 is 4.79 Å². The first-order valence-electron chi connectivity index (χ1n) is 7.60. The molecule has 1 aromatic carbocycles. The smallest absolute Gasteiger partial charge is 0.255 e. The largest absolute Gasteiger partial charge is 0.336 e. The molecule has 1 aromatic rings. The number of halogens is 2. The number of amides is 1. The molecule has 0 aromatic heterocycles. The third-order valence-corrected chi connectivity index (χ3v) is 5.20. The van der Waals surface area contributed by atoms with Crippen molar-refractivity contribution in [1.29, 1.82) is 0 Å². The molecule has 2 unspecified atom stereocenters. The van der Waals surface area contributed by atoms with Gasteiger partial charge in [-0.3, -0.25) is 4.79 Å². The van der Waals surface area contributed by atoms with E-state index >= 15 is 0 Å². The molecule has 2 bridgehead atoms. The van der Waals surface area contributed by atoms with Gasteiger partial charge in [-0.25, -0.2) is 0 Å². The van der Waals surface area contributed by atoms with Gasteiger partial charge in [-0.15, -0.1) is 0 Å². The van der Waals surface area contributed by atoms with E-state index < -0.39 is 0 Å². The van der Waals surface area contributed by atoms with Crippen molar-refractivity contribution in [2.75, 3.05) is 6.54 Å². The molecule has 1 N–H and O–H groups in total. The van der Waals surface area contributed by atoms with Crippen molar-refractivity contribution in [3.63, 3.8) is 0 Å². The van der Waals surface area contributed by atoms with Gasteiger partial charge in [0.2, 0.25) is 0 Å². The van der Waals surface area contributed by atoms with E-state index in [0.717, 1.165) is 12.8 Å². The Morgan fingerprint density at radius 2 is 1.95 bits per heavy atom. The van der Waals surface area contributed by atoms with E-state index in [0.29, 0.717) is 40.3 Å². The predicted octanol–water partition coefficient (Wildman–Crippen LogP) is 3.74. The van der Waals surface area contributed by atoms with E-state index in [4.69, 9.17) is 23.2 Å². The lowest BCUT2D eigenvalue weighted by Crippen LogP contribution is -2.50. The molecule has 2 saturated heterocycles. The number of nitrogens with zero attached hydrogens (tertiary/aromatic N) is 1. The van der Waals surface area contributed by atoms with E-state index in [9.17, 15) is 4.79 Å². The molecule has 2 heterocycles. The van der Waals surface area contributed by atoms with Gasteiger partial charge in [0.25, 0.3) is 5.91 Å². The van der Waals surface area contributed by atoms with Crippen LogP contribution in [0.4, 0.5) is 0 Å². The number of hydrogen-bond acceptors (Lipinski definition) is 2. The highest BCUT2D eigenvalue weighted by atomic mass is 35.5. The van der Waals surface area contributed by atoms with Gasteiger partial charge in [-0.1, -0.05) is 23.2 Å². The molecule has 2 aliphatic rings. The van der Waals surface area contributed by atoms with Crippen LogP contribution in [0, 0.1) is 0 Å². The van der Waals surface area contributed by atoms with Gasteiger partial charge in [-0.2, -0.15) is 0 Å². The molecular formula is C16H20Cl2N2O. The van der Waals surface area contributed by atoms with E-state index in [-0.39, 0.29) is 5.91 Å². The molecule has 2 fully saturated rings. The fourth-order valence-corrected chi connectivity index (χ4v) is 4.16. The number of rotatable bonds is 3. The van der Waals surface area contributed by atoms with Crippen LogP contribution in [-0.2, 0) is 0 Å². The summed E-state index contributed by atoms with van der Waals surface area (Å²) in [6, 6.07) is 6.53. The van der Waals surface area contributed by atoms with E-state index in [2.05, 4.69) is 5.32 Å². The fraction of sp³-hybridized carbons (Fsp3) is 0.562. The van der Waals surface area contributed by atoms with E-state index in [1.807, 2.05) is 11.8 Å². The van der Waals surface area contributed by atoms with Crippen molar-refractivity contribution >= 4 is 29.1 Å². The lowest BCUT2D eigenvalue weighted by atomic mass is 9.97. The van der Waals surface area contributed by atoms with Crippen molar-refractivity contribution in [3.05, 3.63) is 33.8 Å². The molecule has 3 nitrogen and oxygen atoms in total. The molecule has 1 amide bonds. The van der Waals surface area contributed by atoms with Crippen LogP contribution in [0.2, 0.25) is 10.0 Å². The maximum atomic E-state index is 12.8. The second-order valence-electron chi connectivity index (χ2n) is 5.98. The Morgan fingerprint density at radius 1 is 1.29 bits per heavy atom. The first-order valence-corrected chi connectivity index (χ1v) is 8.36. The van der Waals surface area contributed by atoms with Gasteiger partial charge in [0.1, 0.15) is 0 Å². The Morgan fingerprint density at radius 3 is 2.52 bits per heavy atom. The van der Waals surface area contributed by atoms with Gasteiger partial charge in [-0.05, 0) is 50.8 Å². The van der Waals surface area contributed by atoms with Crippen LogP contribution in [0.25, 0.3) is 0 Å². The van der Waals surface area contributed by atoms with Crippen molar-refractivity contribution in [2.24, 2.45) is 0 Å². The van der Waals surface area contributed by atoms with E-state index in [1.165, 1.54) is 12.8 Å². The summed E-state index contributed by atoms with van der Waals surface area (Å²) in [6.45, 7) is 2.74. The maximum absolute atomic E-state index is 12.8. The summed E-state index contributed by atoms with van der Waals surface area (Å²) in [5.41, 5.74) is 0.550. The Labute approximate surface area is 135 Å². The quantitative estimate of drug-likeness (QED) is 0.917. The molecule has 3 rings (SSSR count). The lowest BCUT2D eigenvalue weighted by molar-refractivity contribution is 0.0631. The Bertz CT molecular complexity index is 537. The normalized spacial score (nSPS) is 27.7. The third-order valence-electron chi connectivity index (χ3n) is 4.65. The minimum Gasteiger partial charge on any atom is -0.336 e. The first kappa shape index (κ1) is 15.1. The SMILES string of the molecule is CCN(C(=O)c1ccc(Cl)cc1Cl)C1CC2CCC(C1)N2. The summed E-state index contributed by atoms with van der Waals surface area (Å²) in [5.74, 6) is 0.0190. The molecule has 21 heavy (non-hydrogen) atoms.